The molecule has 4 nitrogen and oxygen atoms in total. The van der Waals surface area contributed by atoms with Gasteiger partial charge in [0.2, 0.25) is 0 Å². The lowest BCUT2D eigenvalue weighted by atomic mass is 10.1. The standard InChI is InChI=1S/C13H12N2O2/c14-8-4-1-5-9-15-12(16)10-6-2-3-7-11(10)13(15)17/h2-3,6-7H,1,4-5,9H2. The molecule has 1 heterocycles. The Kier molecular flexibility index (Phi) is 3.20. The average Bonchev–Trinajstić information content (AvgIpc) is 2.60. The Bertz CT molecular complexity index is 467. The van der Waals surface area contributed by atoms with Crippen LogP contribution >= 0.6 is 0 Å². The molecule has 4 heteroatoms. The van der Waals surface area contributed by atoms with E-state index in [0.717, 1.165) is 0 Å². The van der Waals surface area contributed by atoms with E-state index in [-0.39, 0.29) is 11.8 Å². The lowest BCUT2D eigenvalue weighted by molar-refractivity contribution is 0.0652. The van der Waals surface area contributed by atoms with Crippen molar-refractivity contribution in [3.8, 4) is 6.07 Å². The molecule has 0 N–H and O–H groups in total. The van der Waals surface area contributed by atoms with E-state index in [0.29, 0.717) is 36.9 Å². The molecule has 0 bridgehead atoms. The summed E-state index contributed by atoms with van der Waals surface area (Å²) in [4.78, 5) is 25.1. The molecule has 1 aromatic carbocycles. The first-order chi connectivity index (χ1) is 8.25. The van der Waals surface area contributed by atoms with Crippen molar-refractivity contribution in [3.63, 3.8) is 0 Å². The fourth-order valence-electron chi connectivity index (χ4n) is 1.92. The van der Waals surface area contributed by atoms with Gasteiger partial charge in [0, 0.05) is 13.0 Å². The number of unbranched alkanes of at least 4 members (excludes halogenated alkanes) is 2. The van der Waals surface area contributed by atoms with Crippen molar-refractivity contribution < 1.29 is 9.59 Å². The van der Waals surface area contributed by atoms with Crippen LogP contribution in [0.3, 0.4) is 0 Å². The maximum absolute atomic E-state index is 11.9. The number of hydrogen-bond acceptors (Lipinski definition) is 3. The van der Waals surface area contributed by atoms with E-state index in [9.17, 15) is 9.59 Å². The van der Waals surface area contributed by atoms with E-state index in [1.165, 1.54) is 4.90 Å². The van der Waals surface area contributed by atoms with Gasteiger partial charge in [-0.05, 0) is 25.0 Å². The number of nitrogens with zero attached hydrogens (tertiary/aromatic N) is 2. The van der Waals surface area contributed by atoms with Crippen molar-refractivity contribution in [2.75, 3.05) is 6.54 Å². The Morgan fingerprint density at radius 2 is 1.65 bits per heavy atom. The monoisotopic (exact) mass is 228 g/mol. The highest BCUT2D eigenvalue weighted by atomic mass is 16.2. The molecule has 0 spiro atoms. The number of carbonyl (C=O) groups excluding carboxylic acids is 2. The molecule has 0 fully saturated rings. The molecule has 1 aliphatic heterocycles. The molecule has 0 unspecified atom stereocenters. The number of amides is 2. The van der Waals surface area contributed by atoms with E-state index in [2.05, 4.69) is 0 Å². The van der Waals surface area contributed by atoms with Gasteiger partial charge in [0.25, 0.3) is 11.8 Å². The van der Waals surface area contributed by atoms with Gasteiger partial charge >= 0.3 is 0 Å². The van der Waals surface area contributed by atoms with Gasteiger partial charge in [-0.3, -0.25) is 14.5 Å². The number of hydrogen-bond donors (Lipinski definition) is 0. The fourth-order valence-corrected chi connectivity index (χ4v) is 1.92. The average molecular weight is 228 g/mol. The van der Waals surface area contributed by atoms with Crippen LogP contribution in [0.15, 0.2) is 24.3 Å². The minimum atomic E-state index is -0.220. The van der Waals surface area contributed by atoms with Crippen molar-refractivity contribution >= 4 is 11.8 Å². The molecule has 0 aliphatic carbocycles. The summed E-state index contributed by atoms with van der Waals surface area (Å²) < 4.78 is 0. The van der Waals surface area contributed by atoms with Crippen LogP contribution in [-0.2, 0) is 0 Å². The van der Waals surface area contributed by atoms with Crippen LogP contribution in [-0.4, -0.2) is 23.3 Å². The van der Waals surface area contributed by atoms with Gasteiger partial charge in [0.15, 0.2) is 0 Å². The summed E-state index contributed by atoms with van der Waals surface area (Å²) in [5.41, 5.74) is 0.968. The second kappa shape index (κ2) is 4.79. The minimum absolute atomic E-state index is 0.220. The highest BCUT2D eigenvalue weighted by Gasteiger charge is 2.34. The van der Waals surface area contributed by atoms with Crippen LogP contribution < -0.4 is 0 Å². The number of carbonyl (C=O) groups is 2. The third kappa shape index (κ3) is 2.04. The number of fused-ring (bicyclic) bond motifs is 1. The Balaban J connectivity index is 2.06. The molecular formula is C13H12N2O2. The first-order valence-corrected chi connectivity index (χ1v) is 5.58. The largest absolute Gasteiger partial charge is 0.274 e. The first-order valence-electron chi connectivity index (χ1n) is 5.58. The van der Waals surface area contributed by atoms with Crippen LogP contribution in [0.1, 0.15) is 40.0 Å². The van der Waals surface area contributed by atoms with E-state index in [4.69, 9.17) is 5.26 Å². The van der Waals surface area contributed by atoms with E-state index < -0.39 is 0 Å². The summed E-state index contributed by atoms with van der Waals surface area (Å²) in [5.74, 6) is -0.440. The van der Waals surface area contributed by atoms with Gasteiger partial charge in [-0.1, -0.05) is 12.1 Å². The molecular weight excluding hydrogens is 216 g/mol. The van der Waals surface area contributed by atoms with Gasteiger partial charge in [0.1, 0.15) is 0 Å². The lowest BCUT2D eigenvalue weighted by Gasteiger charge is -2.12. The summed E-state index contributed by atoms with van der Waals surface area (Å²) in [6.07, 6.45) is 1.85. The second-order valence-electron chi connectivity index (χ2n) is 3.92. The van der Waals surface area contributed by atoms with Gasteiger partial charge in [-0.25, -0.2) is 0 Å². The summed E-state index contributed by atoms with van der Waals surface area (Å²) in [6.45, 7) is 0.397. The first kappa shape index (κ1) is 11.3. The molecule has 86 valence electrons. The maximum Gasteiger partial charge on any atom is 0.261 e. The molecule has 0 saturated heterocycles. The van der Waals surface area contributed by atoms with Crippen molar-refractivity contribution in [3.05, 3.63) is 35.4 Å². The fraction of sp³-hybridized carbons (Fsp3) is 0.308. The number of nitriles is 1. The summed E-state index contributed by atoms with van der Waals surface area (Å²) in [5, 5.41) is 8.41. The zero-order valence-electron chi connectivity index (χ0n) is 9.35. The lowest BCUT2D eigenvalue weighted by Crippen LogP contribution is -2.30. The van der Waals surface area contributed by atoms with E-state index >= 15 is 0 Å². The minimum Gasteiger partial charge on any atom is -0.274 e. The summed E-state index contributed by atoms with van der Waals surface area (Å²) in [6, 6.07) is 8.89. The van der Waals surface area contributed by atoms with E-state index in [1.54, 1.807) is 24.3 Å². The van der Waals surface area contributed by atoms with Crippen LogP contribution in [0.25, 0.3) is 0 Å². The van der Waals surface area contributed by atoms with Gasteiger partial charge in [0.05, 0.1) is 17.2 Å². The smallest absolute Gasteiger partial charge is 0.261 e. The highest BCUT2D eigenvalue weighted by Crippen LogP contribution is 2.22. The molecule has 0 aromatic heterocycles. The number of imide groups is 1. The summed E-state index contributed by atoms with van der Waals surface area (Å²) >= 11 is 0. The molecule has 17 heavy (non-hydrogen) atoms. The zero-order chi connectivity index (χ0) is 12.3. The quantitative estimate of drug-likeness (QED) is 0.584. The van der Waals surface area contributed by atoms with Crippen LogP contribution in [0.5, 0.6) is 0 Å². The summed E-state index contributed by atoms with van der Waals surface area (Å²) in [7, 11) is 0. The predicted molar refractivity (Wildman–Crippen MR) is 61.3 cm³/mol. The topological polar surface area (TPSA) is 61.2 Å². The van der Waals surface area contributed by atoms with Gasteiger partial charge in [-0.2, -0.15) is 5.26 Å². The molecule has 2 rings (SSSR count). The van der Waals surface area contributed by atoms with Crippen molar-refractivity contribution in [1.82, 2.24) is 4.90 Å². The van der Waals surface area contributed by atoms with E-state index in [1.807, 2.05) is 6.07 Å². The number of rotatable bonds is 4. The Labute approximate surface area is 99.5 Å². The zero-order valence-corrected chi connectivity index (χ0v) is 9.35. The van der Waals surface area contributed by atoms with Crippen LogP contribution in [0.4, 0.5) is 0 Å². The SMILES string of the molecule is N#CCCCCN1C(=O)c2ccccc2C1=O. The van der Waals surface area contributed by atoms with Gasteiger partial charge in [-0.15, -0.1) is 0 Å². The molecule has 0 atom stereocenters. The second-order valence-corrected chi connectivity index (χ2v) is 3.92. The van der Waals surface area contributed by atoms with Crippen molar-refractivity contribution in [1.29, 1.82) is 5.26 Å². The Hall–Kier alpha value is -2.15. The Morgan fingerprint density at radius 1 is 1.06 bits per heavy atom. The van der Waals surface area contributed by atoms with Crippen LogP contribution in [0, 0.1) is 11.3 Å². The normalized spacial score (nSPS) is 13.7. The number of benzene rings is 1. The Morgan fingerprint density at radius 3 is 2.18 bits per heavy atom. The predicted octanol–water partition coefficient (Wildman–Crippen LogP) is 1.98. The molecule has 0 saturated carbocycles. The molecule has 2 amide bonds. The highest BCUT2D eigenvalue weighted by molar-refractivity contribution is 6.21. The molecule has 0 radical (unpaired) electrons. The van der Waals surface area contributed by atoms with Gasteiger partial charge < -0.3 is 0 Å². The molecule has 1 aromatic rings. The third-order valence-corrected chi connectivity index (χ3v) is 2.80. The van der Waals surface area contributed by atoms with Crippen LogP contribution in [0.2, 0.25) is 0 Å². The van der Waals surface area contributed by atoms with Crippen molar-refractivity contribution in [2.45, 2.75) is 19.3 Å². The molecule has 1 aliphatic rings. The van der Waals surface area contributed by atoms with Crippen molar-refractivity contribution in [2.24, 2.45) is 0 Å². The third-order valence-electron chi connectivity index (χ3n) is 2.80. The maximum atomic E-state index is 11.9.